The van der Waals surface area contributed by atoms with Gasteiger partial charge in [-0.1, -0.05) is 29.8 Å². The van der Waals surface area contributed by atoms with Crippen molar-refractivity contribution in [2.75, 3.05) is 43.4 Å². The summed E-state index contributed by atoms with van der Waals surface area (Å²) in [5.74, 6) is -0.596. The molecular formula is C21H22ClN3O3. The molecule has 4 rings (SSSR count). The lowest BCUT2D eigenvalue weighted by Gasteiger charge is -2.35. The predicted octanol–water partition coefficient (Wildman–Crippen LogP) is 3.33. The number of nitrogens with one attached hydrogen (secondary N) is 1. The van der Waals surface area contributed by atoms with Gasteiger partial charge in [0, 0.05) is 36.8 Å². The number of carbonyl (C=O) groups is 2. The van der Waals surface area contributed by atoms with E-state index in [1.165, 1.54) is 0 Å². The van der Waals surface area contributed by atoms with E-state index < -0.39 is 6.10 Å². The van der Waals surface area contributed by atoms with Crippen LogP contribution in [0.25, 0.3) is 0 Å². The van der Waals surface area contributed by atoms with E-state index >= 15 is 0 Å². The summed E-state index contributed by atoms with van der Waals surface area (Å²) in [6, 6.07) is 12.7. The first-order valence-corrected chi connectivity index (χ1v) is 9.72. The fourth-order valence-corrected chi connectivity index (χ4v) is 3.84. The molecule has 1 fully saturated rings. The Morgan fingerprint density at radius 3 is 2.71 bits per heavy atom. The number of ether oxygens (including phenoxy) is 1. The van der Waals surface area contributed by atoms with Crippen LogP contribution in [-0.4, -0.2) is 50.0 Å². The average Bonchev–Trinajstić information content (AvgIpc) is 2.99. The summed E-state index contributed by atoms with van der Waals surface area (Å²) < 4.78 is 5.38. The molecule has 0 bridgehead atoms. The van der Waals surface area contributed by atoms with Crippen LogP contribution < -0.4 is 10.2 Å². The third kappa shape index (κ3) is 3.84. The minimum Gasteiger partial charge on any atom is -0.453 e. The van der Waals surface area contributed by atoms with E-state index in [9.17, 15) is 9.59 Å². The van der Waals surface area contributed by atoms with Crippen LogP contribution in [0.1, 0.15) is 28.4 Å². The second kappa shape index (κ2) is 7.81. The summed E-state index contributed by atoms with van der Waals surface area (Å²) in [6.45, 7) is 3.69. The smallest absolute Gasteiger partial charge is 0.339 e. The number of rotatable bonds is 4. The van der Waals surface area contributed by atoms with Gasteiger partial charge >= 0.3 is 5.97 Å². The Kier molecular flexibility index (Phi) is 5.24. The molecule has 2 heterocycles. The molecule has 146 valence electrons. The van der Waals surface area contributed by atoms with E-state index in [2.05, 4.69) is 22.2 Å². The topological polar surface area (TPSA) is 61.9 Å². The molecule has 1 amide bonds. The summed E-state index contributed by atoms with van der Waals surface area (Å²) in [4.78, 5) is 29.2. The Balaban J connectivity index is 1.49. The van der Waals surface area contributed by atoms with Crippen LogP contribution in [0, 0.1) is 0 Å². The monoisotopic (exact) mass is 399 g/mol. The molecule has 0 spiro atoms. The van der Waals surface area contributed by atoms with Crippen molar-refractivity contribution in [3.8, 4) is 0 Å². The standard InChI is InChI=1S/C21H22ClN3O3/c1-24-8-10-25(11-9-24)18-7-6-14(22)12-17(18)23-20(26)13-19-15-4-2-3-5-16(15)21(27)28-19/h2-7,12,19H,8-11,13H2,1H3,(H,23,26)/t19-/m1/s1. The SMILES string of the molecule is CN1CCN(c2ccc(Cl)cc2NC(=O)C[C@H]2OC(=O)c3ccccc32)CC1. The van der Waals surface area contributed by atoms with Crippen LogP contribution in [0.15, 0.2) is 42.5 Å². The van der Waals surface area contributed by atoms with Crippen molar-refractivity contribution >= 4 is 34.9 Å². The number of hydrogen-bond acceptors (Lipinski definition) is 5. The first kappa shape index (κ1) is 18.8. The highest BCUT2D eigenvalue weighted by Gasteiger charge is 2.32. The third-order valence-electron chi connectivity index (χ3n) is 5.22. The van der Waals surface area contributed by atoms with Crippen LogP contribution in [0.4, 0.5) is 11.4 Å². The number of piperazine rings is 1. The highest BCUT2D eigenvalue weighted by Crippen LogP contribution is 2.34. The summed E-state index contributed by atoms with van der Waals surface area (Å²) in [7, 11) is 2.10. The lowest BCUT2D eigenvalue weighted by molar-refractivity contribution is -0.118. The Hall–Kier alpha value is -2.57. The van der Waals surface area contributed by atoms with Crippen LogP contribution in [0.5, 0.6) is 0 Å². The number of anilines is 2. The predicted molar refractivity (Wildman–Crippen MR) is 109 cm³/mol. The van der Waals surface area contributed by atoms with Crippen LogP contribution in [0.3, 0.4) is 0 Å². The van der Waals surface area contributed by atoms with Gasteiger partial charge in [0.2, 0.25) is 5.91 Å². The third-order valence-corrected chi connectivity index (χ3v) is 5.46. The molecule has 2 aromatic carbocycles. The lowest BCUT2D eigenvalue weighted by atomic mass is 10.0. The van der Waals surface area contributed by atoms with E-state index in [1.54, 1.807) is 18.2 Å². The van der Waals surface area contributed by atoms with Crippen molar-refractivity contribution in [3.63, 3.8) is 0 Å². The van der Waals surface area contributed by atoms with Crippen molar-refractivity contribution < 1.29 is 14.3 Å². The van der Waals surface area contributed by atoms with E-state index in [0.29, 0.717) is 16.3 Å². The highest BCUT2D eigenvalue weighted by atomic mass is 35.5. The maximum atomic E-state index is 12.7. The Morgan fingerprint density at radius 2 is 1.93 bits per heavy atom. The normalized spacial score (nSPS) is 19.3. The second-order valence-corrected chi connectivity index (χ2v) is 7.62. The van der Waals surface area contributed by atoms with E-state index in [4.69, 9.17) is 16.3 Å². The molecule has 1 N–H and O–H groups in total. The Morgan fingerprint density at radius 1 is 1.18 bits per heavy atom. The van der Waals surface area contributed by atoms with E-state index in [1.807, 2.05) is 24.3 Å². The Bertz CT molecular complexity index is 910. The van der Waals surface area contributed by atoms with Gasteiger partial charge in [-0.25, -0.2) is 4.79 Å². The number of nitrogens with zero attached hydrogens (tertiary/aromatic N) is 2. The number of carbonyl (C=O) groups excluding carboxylic acids is 2. The van der Waals surface area contributed by atoms with Crippen molar-refractivity contribution in [2.24, 2.45) is 0 Å². The summed E-state index contributed by atoms with van der Waals surface area (Å²) >= 11 is 6.17. The fraction of sp³-hybridized carbons (Fsp3) is 0.333. The van der Waals surface area contributed by atoms with Gasteiger partial charge in [-0.15, -0.1) is 0 Å². The van der Waals surface area contributed by atoms with E-state index in [0.717, 1.165) is 37.4 Å². The summed E-state index contributed by atoms with van der Waals surface area (Å²) in [5.41, 5.74) is 2.92. The largest absolute Gasteiger partial charge is 0.453 e. The number of amides is 1. The van der Waals surface area contributed by atoms with Crippen LogP contribution in [-0.2, 0) is 9.53 Å². The average molecular weight is 400 g/mol. The molecule has 2 aliphatic rings. The molecule has 1 atom stereocenters. The number of fused-ring (bicyclic) bond motifs is 1. The highest BCUT2D eigenvalue weighted by molar-refractivity contribution is 6.31. The quantitative estimate of drug-likeness (QED) is 0.799. The molecule has 0 saturated carbocycles. The molecule has 2 aromatic rings. The van der Waals surface area contributed by atoms with Crippen LogP contribution >= 0.6 is 11.6 Å². The van der Waals surface area contributed by atoms with Crippen molar-refractivity contribution in [3.05, 3.63) is 58.6 Å². The number of hydrogen-bond donors (Lipinski definition) is 1. The van der Waals surface area contributed by atoms with Gasteiger partial charge in [0.05, 0.1) is 23.4 Å². The Labute approximate surface area is 169 Å². The van der Waals surface area contributed by atoms with Gasteiger partial charge in [-0.2, -0.15) is 0 Å². The number of benzene rings is 2. The van der Waals surface area contributed by atoms with Crippen molar-refractivity contribution in [1.82, 2.24) is 4.90 Å². The van der Waals surface area contributed by atoms with Gasteiger partial charge in [0.15, 0.2) is 0 Å². The van der Waals surface area contributed by atoms with Gasteiger partial charge in [0.1, 0.15) is 6.10 Å². The number of esters is 1. The molecule has 0 aliphatic carbocycles. The molecular weight excluding hydrogens is 378 g/mol. The van der Waals surface area contributed by atoms with Gasteiger partial charge in [-0.3, -0.25) is 4.79 Å². The minimum atomic E-state index is -0.560. The molecule has 2 aliphatic heterocycles. The first-order chi connectivity index (χ1) is 13.5. The molecule has 28 heavy (non-hydrogen) atoms. The van der Waals surface area contributed by atoms with Crippen molar-refractivity contribution in [2.45, 2.75) is 12.5 Å². The molecule has 7 heteroatoms. The summed E-state index contributed by atoms with van der Waals surface area (Å²) in [6.07, 6.45) is -0.493. The summed E-state index contributed by atoms with van der Waals surface area (Å²) in [5, 5.41) is 3.52. The zero-order valence-corrected chi connectivity index (χ0v) is 16.4. The molecule has 0 radical (unpaired) electrons. The first-order valence-electron chi connectivity index (χ1n) is 9.34. The molecule has 1 saturated heterocycles. The zero-order valence-electron chi connectivity index (χ0n) is 15.7. The van der Waals surface area contributed by atoms with Gasteiger partial charge in [0.25, 0.3) is 0 Å². The molecule has 0 unspecified atom stereocenters. The van der Waals surface area contributed by atoms with Crippen molar-refractivity contribution in [1.29, 1.82) is 0 Å². The minimum absolute atomic E-state index is 0.0669. The maximum absolute atomic E-state index is 12.7. The maximum Gasteiger partial charge on any atom is 0.339 e. The van der Waals surface area contributed by atoms with Gasteiger partial charge < -0.3 is 19.9 Å². The van der Waals surface area contributed by atoms with Gasteiger partial charge in [-0.05, 0) is 31.3 Å². The molecule has 6 nitrogen and oxygen atoms in total. The fourth-order valence-electron chi connectivity index (χ4n) is 3.67. The number of cyclic esters (lactones) is 1. The van der Waals surface area contributed by atoms with E-state index in [-0.39, 0.29) is 18.3 Å². The number of halogens is 1. The lowest BCUT2D eigenvalue weighted by Crippen LogP contribution is -2.44. The second-order valence-electron chi connectivity index (χ2n) is 7.19. The number of likely N-dealkylation sites (N-methyl/N-ethyl adjacent to an activating group) is 1. The van der Waals surface area contributed by atoms with Crippen LogP contribution in [0.2, 0.25) is 5.02 Å². The molecule has 0 aromatic heterocycles. The zero-order chi connectivity index (χ0) is 19.7.